The van der Waals surface area contributed by atoms with Crippen molar-refractivity contribution in [1.29, 1.82) is 0 Å². The van der Waals surface area contributed by atoms with E-state index in [1.807, 2.05) is 18.2 Å². The lowest BCUT2D eigenvalue weighted by molar-refractivity contribution is 0.0990. The maximum absolute atomic E-state index is 13.3. The molecule has 0 saturated carbocycles. The second kappa shape index (κ2) is 9.55. The number of nitrogens with two attached hydrogens (primary N) is 1. The average molecular weight is 449 g/mol. The van der Waals surface area contributed by atoms with E-state index in [1.54, 1.807) is 35.6 Å². The van der Waals surface area contributed by atoms with Crippen molar-refractivity contribution in [3.63, 3.8) is 0 Å². The Labute approximate surface area is 194 Å². The van der Waals surface area contributed by atoms with Crippen LogP contribution in [0.15, 0.2) is 42.5 Å². The van der Waals surface area contributed by atoms with Gasteiger partial charge in [-0.3, -0.25) is 9.59 Å². The van der Waals surface area contributed by atoms with Crippen LogP contribution in [-0.2, 0) is 0 Å². The molecule has 0 spiro atoms. The minimum atomic E-state index is -0.114. The van der Waals surface area contributed by atoms with Crippen LogP contribution < -0.4 is 5.73 Å². The van der Waals surface area contributed by atoms with Gasteiger partial charge in [0.05, 0.1) is 5.00 Å². The molecule has 0 bridgehead atoms. The first-order valence-electron chi connectivity index (χ1n) is 11.6. The van der Waals surface area contributed by atoms with Gasteiger partial charge >= 0.3 is 0 Å². The third kappa shape index (κ3) is 4.24. The van der Waals surface area contributed by atoms with Gasteiger partial charge in [-0.15, -0.1) is 11.3 Å². The fourth-order valence-corrected chi connectivity index (χ4v) is 6.24. The summed E-state index contributed by atoms with van der Waals surface area (Å²) < 4.78 is 1.12. The van der Waals surface area contributed by atoms with E-state index in [0.29, 0.717) is 28.7 Å². The van der Waals surface area contributed by atoms with Gasteiger partial charge in [0, 0.05) is 27.4 Å². The maximum atomic E-state index is 13.3. The molecule has 1 fully saturated rings. The summed E-state index contributed by atoms with van der Waals surface area (Å²) in [5.41, 5.74) is 9.26. The fraction of sp³-hybridized carbons (Fsp3) is 0.407. The minimum Gasteiger partial charge on any atom is -0.390 e. The number of thiophene rings is 1. The van der Waals surface area contributed by atoms with Crippen molar-refractivity contribution in [3.05, 3.63) is 64.7 Å². The molecule has 2 N–H and O–H groups in total. The summed E-state index contributed by atoms with van der Waals surface area (Å²) in [5.74, 6) is 0.209. The summed E-state index contributed by atoms with van der Waals surface area (Å²) >= 11 is 1.61. The van der Waals surface area contributed by atoms with E-state index >= 15 is 0 Å². The van der Waals surface area contributed by atoms with Crippen LogP contribution in [0.5, 0.6) is 0 Å². The highest BCUT2D eigenvalue weighted by molar-refractivity contribution is 7.22. The molecule has 168 valence electrons. The number of benzene rings is 2. The largest absolute Gasteiger partial charge is 0.390 e. The standard InChI is InChI=1S/C27H32N2O2S/c1-4-20(5-2)29-14-12-18(13-15-29)25-23-16-19(10-11-24(23)32-27(25)28)26(31)22-9-7-6-8-21(22)17(3)30/h6-11,16,18,20H,4-5,12-15,28H2,1-3H3. The van der Waals surface area contributed by atoms with Gasteiger partial charge in [-0.05, 0) is 80.8 Å². The van der Waals surface area contributed by atoms with Crippen molar-refractivity contribution in [2.75, 3.05) is 18.8 Å². The van der Waals surface area contributed by atoms with E-state index in [4.69, 9.17) is 5.73 Å². The Morgan fingerprint density at radius 2 is 1.72 bits per heavy atom. The van der Waals surface area contributed by atoms with Crippen LogP contribution in [0.25, 0.3) is 10.1 Å². The topological polar surface area (TPSA) is 63.4 Å². The number of Topliss-reactive ketones (excluding diaryl/α,β-unsaturated/α-hetero) is 1. The predicted molar refractivity (Wildman–Crippen MR) is 134 cm³/mol. The molecule has 1 aliphatic heterocycles. The number of carbonyl (C=O) groups excluding carboxylic acids is 2. The highest BCUT2D eigenvalue weighted by Crippen LogP contribution is 2.43. The van der Waals surface area contributed by atoms with Crippen molar-refractivity contribution in [1.82, 2.24) is 4.90 Å². The quantitative estimate of drug-likeness (QED) is 0.432. The second-order valence-electron chi connectivity index (χ2n) is 8.80. The number of hydrogen-bond donors (Lipinski definition) is 1. The molecule has 2 aromatic carbocycles. The molecule has 0 radical (unpaired) electrons. The van der Waals surface area contributed by atoms with E-state index in [2.05, 4.69) is 18.7 Å². The average Bonchev–Trinajstić information content (AvgIpc) is 3.14. The Hall–Kier alpha value is -2.50. The van der Waals surface area contributed by atoms with Gasteiger partial charge < -0.3 is 10.6 Å². The van der Waals surface area contributed by atoms with Gasteiger partial charge in [0.1, 0.15) is 0 Å². The van der Waals surface area contributed by atoms with Crippen LogP contribution in [0.4, 0.5) is 5.00 Å². The molecule has 0 unspecified atom stereocenters. The molecular weight excluding hydrogens is 416 g/mol. The number of anilines is 1. The minimum absolute atomic E-state index is 0.0975. The molecule has 1 saturated heterocycles. The SMILES string of the molecule is CCC(CC)N1CCC(c2c(N)sc3ccc(C(=O)c4ccccc4C(C)=O)cc23)CC1. The van der Waals surface area contributed by atoms with Crippen LogP contribution in [-0.4, -0.2) is 35.6 Å². The lowest BCUT2D eigenvalue weighted by atomic mass is 9.87. The number of hydrogen-bond acceptors (Lipinski definition) is 5. The Balaban J connectivity index is 1.65. The van der Waals surface area contributed by atoms with Crippen molar-refractivity contribution < 1.29 is 9.59 Å². The van der Waals surface area contributed by atoms with E-state index in [9.17, 15) is 9.59 Å². The van der Waals surface area contributed by atoms with Crippen molar-refractivity contribution >= 4 is 38.0 Å². The van der Waals surface area contributed by atoms with Crippen LogP contribution in [0.3, 0.4) is 0 Å². The molecule has 0 amide bonds. The molecule has 1 aliphatic rings. The molecular formula is C27H32N2O2S. The monoisotopic (exact) mass is 448 g/mol. The first kappa shape index (κ1) is 22.7. The summed E-state index contributed by atoms with van der Waals surface area (Å²) in [6.07, 6.45) is 4.57. The molecule has 2 heterocycles. The van der Waals surface area contributed by atoms with E-state index < -0.39 is 0 Å². The van der Waals surface area contributed by atoms with Gasteiger partial charge in [0.2, 0.25) is 0 Å². The molecule has 3 aromatic rings. The van der Waals surface area contributed by atoms with Crippen LogP contribution in [0.2, 0.25) is 0 Å². The molecule has 5 heteroatoms. The molecule has 32 heavy (non-hydrogen) atoms. The Morgan fingerprint density at radius 1 is 1.06 bits per heavy atom. The summed E-state index contributed by atoms with van der Waals surface area (Å²) in [7, 11) is 0. The Kier molecular flexibility index (Phi) is 6.77. The summed E-state index contributed by atoms with van der Waals surface area (Å²) in [5, 5.41) is 1.97. The van der Waals surface area contributed by atoms with Crippen molar-refractivity contribution in [3.8, 4) is 0 Å². The Morgan fingerprint density at radius 3 is 2.34 bits per heavy atom. The molecule has 0 atom stereocenters. The number of likely N-dealkylation sites (tertiary alicyclic amines) is 1. The van der Waals surface area contributed by atoms with Gasteiger partial charge in [-0.25, -0.2) is 0 Å². The van der Waals surface area contributed by atoms with E-state index in [0.717, 1.165) is 41.0 Å². The number of carbonyl (C=O) groups is 2. The predicted octanol–water partition coefficient (Wildman–Crippen LogP) is 6.29. The molecule has 4 nitrogen and oxygen atoms in total. The number of ketones is 2. The van der Waals surface area contributed by atoms with Gasteiger partial charge in [-0.2, -0.15) is 0 Å². The normalized spacial score (nSPS) is 15.5. The number of fused-ring (bicyclic) bond motifs is 1. The van der Waals surface area contributed by atoms with Crippen LogP contribution in [0.1, 0.15) is 84.2 Å². The summed E-state index contributed by atoms with van der Waals surface area (Å²) in [4.78, 5) is 28.0. The lowest BCUT2D eigenvalue weighted by Crippen LogP contribution is -2.40. The zero-order valence-corrected chi connectivity index (χ0v) is 20.0. The van der Waals surface area contributed by atoms with Crippen LogP contribution >= 0.6 is 11.3 Å². The fourth-order valence-electron chi connectivity index (χ4n) is 5.20. The number of piperidine rings is 1. The summed E-state index contributed by atoms with van der Waals surface area (Å²) in [6, 6.07) is 13.6. The van der Waals surface area contributed by atoms with Crippen LogP contribution in [0, 0.1) is 0 Å². The van der Waals surface area contributed by atoms with Crippen molar-refractivity contribution in [2.45, 2.75) is 58.4 Å². The zero-order valence-electron chi connectivity index (χ0n) is 19.2. The third-order valence-corrected chi connectivity index (χ3v) is 7.98. The van der Waals surface area contributed by atoms with E-state index in [-0.39, 0.29) is 11.6 Å². The first-order valence-corrected chi connectivity index (χ1v) is 12.5. The van der Waals surface area contributed by atoms with Gasteiger partial charge in [0.25, 0.3) is 0 Å². The summed E-state index contributed by atoms with van der Waals surface area (Å²) in [6.45, 7) is 8.23. The van der Waals surface area contributed by atoms with Gasteiger partial charge in [-0.1, -0.05) is 38.1 Å². The number of nitrogen functional groups attached to an aromatic ring is 1. The number of rotatable bonds is 7. The molecule has 1 aromatic heterocycles. The first-order chi connectivity index (χ1) is 15.4. The number of nitrogens with zero attached hydrogens (tertiary/aromatic N) is 1. The Bertz CT molecular complexity index is 1140. The smallest absolute Gasteiger partial charge is 0.193 e. The lowest BCUT2D eigenvalue weighted by Gasteiger charge is -2.37. The highest BCUT2D eigenvalue weighted by Gasteiger charge is 2.28. The van der Waals surface area contributed by atoms with E-state index in [1.165, 1.54) is 25.3 Å². The van der Waals surface area contributed by atoms with Gasteiger partial charge in [0.15, 0.2) is 11.6 Å². The molecule has 0 aliphatic carbocycles. The maximum Gasteiger partial charge on any atom is 0.193 e. The highest BCUT2D eigenvalue weighted by atomic mass is 32.1. The van der Waals surface area contributed by atoms with Crippen molar-refractivity contribution in [2.24, 2.45) is 0 Å². The third-order valence-electron chi connectivity index (χ3n) is 6.96. The molecule has 4 rings (SSSR count). The zero-order chi connectivity index (χ0) is 22.8. The second-order valence-corrected chi connectivity index (χ2v) is 9.89.